The van der Waals surface area contributed by atoms with E-state index < -0.39 is 11.9 Å². The van der Waals surface area contributed by atoms with Crippen molar-refractivity contribution in [3.05, 3.63) is 59.4 Å². The standard InChI is InChI=1S/C20H19ClFN3O2/c21-14-5-1-3-7-16(14)23-9-11-24(12-10-23)18-13-19(26)25(20(18)27)17-8-4-2-6-15(17)22/h1-8,18H,9-13H2/p+1/t18-/m0/s1. The first-order chi connectivity index (χ1) is 13.1. The molecule has 1 N–H and O–H groups in total. The lowest BCUT2D eigenvalue weighted by molar-refractivity contribution is -0.915. The number of halogens is 2. The maximum atomic E-state index is 14.1. The number of hydrogen-bond acceptors (Lipinski definition) is 3. The summed E-state index contributed by atoms with van der Waals surface area (Å²) in [6.07, 6.45) is 0.120. The summed E-state index contributed by atoms with van der Waals surface area (Å²) in [6.45, 7) is 2.94. The Bertz CT molecular complexity index is 883. The quantitative estimate of drug-likeness (QED) is 0.811. The number of imide groups is 1. The minimum absolute atomic E-state index is 0.0455. The average molecular weight is 389 g/mol. The molecule has 140 valence electrons. The molecule has 0 saturated carbocycles. The van der Waals surface area contributed by atoms with Crippen LogP contribution in [0.15, 0.2) is 48.5 Å². The molecular formula is C20H20ClFN3O2+. The molecule has 2 amide bonds. The number of carbonyl (C=O) groups excluding carboxylic acids is 2. The number of benzene rings is 2. The monoisotopic (exact) mass is 388 g/mol. The van der Waals surface area contributed by atoms with Gasteiger partial charge in [-0.2, -0.15) is 0 Å². The van der Waals surface area contributed by atoms with Crippen molar-refractivity contribution in [3.8, 4) is 0 Å². The van der Waals surface area contributed by atoms with Gasteiger partial charge >= 0.3 is 0 Å². The first-order valence-electron chi connectivity index (χ1n) is 9.01. The Morgan fingerprint density at radius 2 is 1.59 bits per heavy atom. The molecule has 2 aliphatic heterocycles. The zero-order valence-electron chi connectivity index (χ0n) is 14.7. The van der Waals surface area contributed by atoms with Crippen LogP contribution in [0.2, 0.25) is 5.02 Å². The van der Waals surface area contributed by atoms with Gasteiger partial charge in [-0.1, -0.05) is 35.9 Å². The topological polar surface area (TPSA) is 45.1 Å². The van der Waals surface area contributed by atoms with Crippen LogP contribution >= 0.6 is 11.6 Å². The van der Waals surface area contributed by atoms with Gasteiger partial charge in [0.25, 0.3) is 5.91 Å². The Kier molecular flexibility index (Phi) is 4.85. The number of amides is 2. The van der Waals surface area contributed by atoms with Crippen LogP contribution in [0.5, 0.6) is 0 Å². The molecule has 5 nitrogen and oxygen atoms in total. The molecule has 0 unspecified atom stereocenters. The molecule has 7 heteroatoms. The van der Waals surface area contributed by atoms with E-state index in [1.807, 2.05) is 24.3 Å². The van der Waals surface area contributed by atoms with Crippen molar-refractivity contribution in [2.75, 3.05) is 36.0 Å². The van der Waals surface area contributed by atoms with E-state index >= 15 is 0 Å². The van der Waals surface area contributed by atoms with Crippen molar-refractivity contribution in [1.82, 2.24) is 0 Å². The van der Waals surface area contributed by atoms with Gasteiger partial charge in [0.15, 0.2) is 6.04 Å². The summed E-state index contributed by atoms with van der Waals surface area (Å²) in [7, 11) is 0. The van der Waals surface area contributed by atoms with E-state index in [-0.39, 0.29) is 23.9 Å². The maximum Gasteiger partial charge on any atom is 0.292 e. The lowest BCUT2D eigenvalue weighted by Gasteiger charge is -2.36. The number of hydrogen-bond donors (Lipinski definition) is 1. The highest BCUT2D eigenvalue weighted by Crippen LogP contribution is 2.26. The fraction of sp³-hybridized carbons (Fsp3) is 0.300. The lowest BCUT2D eigenvalue weighted by atomic mass is 10.1. The van der Waals surface area contributed by atoms with Gasteiger partial charge in [0, 0.05) is 0 Å². The minimum Gasteiger partial charge on any atom is -0.359 e. The third-order valence-electron chi connectivity index (χ3n) is 5.33. The number of quaternary nitrogens is 1. The van der Waals surface area contributed by atoms with Crippen LogP contribution in [0.1, 0.15) is 6.42 Å². The maximum absolute atomic E-state index is 14.1. The molecule has 2 saturated heterocycles. The Hall–Kier alpha value is -2.44. The Labute approximate surface area is 161 Å². The molecule has 0 aromatic heterocycles. The van der Waals surface area contributed by atoms with E-state index in [9.17, 15) is 14.0 Å². The number of nitrogens with zero attached hydrogens (tertiary/aromatic N) is 2. The van der Waals surface area contributed by atoms with Crippen molar-refractivity contribution in [1.29, 1.82) is 0 Å². The van der Waals surface area contributed by atoms with Crippen molar-refractivity contribution >= 4 is 34.8 Å². The molecule has 2 aromatic carbocycles. The zero-order chi connectivity index (χ0) is 19.0. The third-order valence-corrected chi connectivity index (χ3v) is 5.65. The summed E-state index contributed by atoms with van der Waals surface area (Å²) in [5.41, 5.74) is 1.03. The van der Waals surface area contributed by atoms with Gasteiger partial charge in [-0.25, -0.2) is 9.29 Å². The predicted molar refractivity (Wildman–Crippen MR) is 102 cm³/mol. The lowest BCUT2D eigenvalue weighted by Crippen LogP contribution is -3.19. The molecule has 0 spiro atoms. The fourth-order valence-electron chi connectivity index (χ4n) is 3.93. The molecule has 2 heterocycles. The molecule has 0 bridgehead atoms. The van der Waals surface area contributed by atoms with Gasteiger partial charge in [0.05, 0.1) is 49.0 Å². The normalized spacial score (nSPS) is 21.2. The van der Waals surface area contributed by atoms with Gasteiger partial charge < -0.3 is 9.80 Å². The molecule has 2 fully saturated rings. The van der Waals surface area contributed by atoms with Gasteiger partial charge in [0.2, 0.25) is 5.91 Å². The van der Waals surface area contributed by atoms with E-state index in [1.54, 1.807) is 12.1 Å². The number of anilines is 2. The molecule has 2 aromatic rings. The van der Waals surface area contributed by atoms with Crippen LogP contribution in [-0.2, 0) is 9.59 Å². The first kappa shape index (κ1) is 17.9. The highest BCUT2D eigenvalue weighted by atomic mass is 35.5. The van der Waals surface area contributed by atoms with E-state index in [2.05, 4.69) is 4.90 Å². The van der Waals surface area contributed by atoms with E-state index in [4.69, 9.17) is 11.6 Å². The second-order valence-electron chi connectivity index (χ2n) is 6.87. The van der Waals surface area contributed by atoms with Gasteiger partial charge in [0.1, 0.15) is 5.82 Å². The third kappa shape index (κ3) is 3.31. The Morgan fingerprint density at radius 1 is 0.963 bits per heavy atom. The van der Waals surface area contributed by atoms with Gasteiger partial charge in [-0.05, 0) is 24.3 Å². The van der Waals surface area contributed by atoms with Crippen molar-refractivity contribution in [2.24, 2.45) is 0 Å². The van der Waals surface area contributed by atoms with Crippen molar-refractivity contribution in [2.45, 2.75) is 12.5 Å². The molecule has 0 radical (unpaired) electrons. The van der Waals surface area contributed by atoms with E-state index in [0.29, 0.717) is 5.02 Å². The van der Waals surface area contributed by atoms with Crippen LogP contribution < -0.4 is 14.7 Å². The van der Waals surface area contributed by atoms with Crippen LogP contribution in [0.3, 0.4) is 0 Å². The number of nitrogens with one attached hydrogen (secondary N) is 1. The summed E-state index contributed by atoms with van der Waals surface area (Å²) in [5.74, 6) is -1.21. The van der Waals surface area contributed by atoms with Crippen molar-refractivity contribution in [3.63, 3.8) is 0 Å². The summed E-state index contributed by atoms with van der Waals surface area (Å²) in [4.78, 5) is 29.5. The number of para-hydroxylation sites is 2. The number of rotatable bonds is 3. The van der Waals surface area contributed by atoms with Gasteiger partial charge in [-0.15, -0.1) is 0 Å². The SMILES string of the molecule is O=C1C[C@H]([NH+]2CCN(c3ccccc3Cl)CC2)C(=O)N1c1ccccc1F. The number of piperazine rings is 1. The summed E-state index contributed by atoms with van der Waals surface area (Å²) in [6, 6.07) is 13.1. The van der Waals surface area contributed by atoms with Crippen molar-refractivity contribution < 1.29 is 18.9 Å². The highest BCUT2D eigenvalue weighted by Gasteiger charge is 2.47. The first-order valence-corrected chi connectivity index (χ1v) is 9.39. The second kappa shape index (κ2) is 7.29. The van der Waals surface area contributed by atoms with Crippen LogP contribution in [0.25, 0.3) is 0 Å². The largest absolute Gasteiger partial charge is 0.359 e. The van der Waals surface area contributed by atoms with Gasteiger partial charge in [-0.3, -0.25) is 9.59 Å². The van der Waals surface area contributed by atoms with Crippen LogP contribution in [0, 0.1) is 5.82 Å². The van der Waals surface area contributed by atoms with Crippen LogP contribution in [-0.4, -0.2) is 44.0 Å². The summed E-state index contributed by atoms with van der Waals surface area (Å²) < 4.78 is 14.1. The predicted octanol–water partition coefficient (Wildman–Crippen LogP) is 1.52. The molecule has 0 aliphatic carbocycles. The number of carbonyl (C=O) groups is 2. The molecule has 4 rings (SSSR count). The van der Waals surface area contributed by atoms with Crippen LogP contribution in [0.4, 0.5) is 15.8 Å². The highest BCUT2D eigenvalue weighted by molar-refractivity contribution is 6.33. The average Bonchev–Trinajstić information content (AvgIpc) is 2.97. The fourth-order valence-corrected chi connectivity index (χ4v) is 4.18. The molecular weight excluding hydrogens is 369 g/mol. The molecule has 1 atom stereocenters. The Morgan fingerprint density at radius 3 is 2.26 bits per heavy atom. The summed E-state index contributed by atoms with van der Waals surface area (Å²) in [5, 5.41) is 0.707. The molecule has 2 aliphatic rings. The smallest absolute Gasteiger partial charge is 0.292 e. The second-order valence-corrected chi connectivity index (χ2v) is 7.28. The molecule has 27 heavy (non-hydrogen) atoms. The minimum atomic E-state index is -0.557. The van der Waals surface area contributed by atoms with E-state index in [1.165, 1.54) is 12.1 Å². The summed E-state index contributed by atoms with van der Waals surface area (Å²) >= 11 is 6.28. The van der Waals surface area contributed by atoms with E-state index in [0.717, 1.165) is 41.7 Å². The zero-order valence-corrected chi connectivity index (χ0v) is 15.5. The Balaban J connectivity index is 1.46.